The lowest BCUT2D eigenvalue weighted by Gasteiger charge is -2.42. The van der Waals surface area contributed by atoms with E-state index >= 15 is 0 Å². The number of carbonyl (C=O) groups is 5. The number of cyclic esters (lactones) is 1. The normalized spacial score (nSPS) is 39.2. The third kappa shape index (κ3) is 15.8. The van der Waals surface area contributed by atoms with Crippen LogP contribution >= 0.6 is 0 Å². The topological polar surface area (TPSA) is 216 Å². The number of rotatable bonds is 9. The summed E-state index contributed by atoms with van der Waals surface area (Å²) in [7, 11) is 1.37. The average Bonchev–Trinajstić information content (AvgIpc) is 3.30. The fraction of sp³-hybridized carbons (Fsp3) is 0.755. The number of ether oxygens (including phenoxy) is 5. The lowest BCUT2D eigenvalue weighted by atomic mass is 9.78. The number of methoxy groups -OCH3 is 1. The molecule has 0 radical (unpaired) electrons. The molecule has 15 nitrogen and oxygen atoms in total. The molecule has 4 rings (SSSR count). The van der Waals surface area contributed by atoms with Crippen LogP contribution in [0.25, 0.3) is 0 Å². The van der Waals surface area contributed by atoms with Gasteiger partial charge in [-0.15, -0.1) is 0 Å². The van der Waals surface area contributed by atoms with Crippen LogP contribution in [0.3, 0.4) is 0 Å². The van der Waals surface area contributed by atoms with Gasteiger partial charge in [0, 0.05) is 50.9 Å². The van der Waals surface area contributed by atoms with Gasteiger partial charge in [0.15, 0.2) is 5.78 Å². The van der Waals surface area contributed by atoms with Gasteiger partial charge in [0.2, 0.25) is 5.79 Å². The second-order valence-electron chi connectivity index (χ2n) is 20.2. The number of aliphatic hydroxyl groups excluding tert-OH is 3. The van der Waals surface area contributed by atoms with Crippen molar-refractivity contribution in [3.63, 3.8) is 0 Å². The van der Waals surface area contributed by atoms with Crippen LogP contribution in [0.1, 0.15) is 132 Å². The Kier molecular flexibility index (Phi) is 22.9. The summed E-state index contributed by atoms with van der Waals surface area (Å²) in [4.78, 5) is 71.8. The first-order chi connectivity index (χ1) is 32.2. The third-order valence-corrected chi connectivity index (χ3v) is 14.7. The summed E-state index contributed by atoms with van der Waals surface area (Å²) in [6, 6.07) is -1.17. The highest BCUT2D eigenvalue weighted by atomic mass is 16.6. The van der Waals surface area contributed by atoms with Gasteiger partial charge in [-0.2, -0.15) is 0 Å². The Bertz CT molecular complexity index is 1810. The highest BCUT2D eigenvalue weighted by Crippen LogP contribution is 2.37. The second-order valence-corrected chi connectivity index (χ2v) is 20.2. The molecule has 68 heavy (non-hydrogen) atoms. The maximum atomic E-state index is 14.4. The molecular weight excluding hydrogens is 875 g/mol. The van der Waals surface area contributed by atoms with E-state index in [2.05, 4.69) is 0 Å². The molecule has 3 heterocycles. The number of aliphatic hydroxyl groups is 4. The number of nitrogens with zero attached hydrogens (tertiary/aromatic N) is 1. The fourth-order valence-corrected chi connectivity index (χ4v) is 10.2. The molecule has 15 heteroatoms. The number of esters is 1. The second kappa shape index (κ2) is 27.3. The molecule has 4 N–H and O–H groups in total. The molecule has 1 amide bonds. The Labute approximate surface area is 404 Å². The number of hydrogen-bond acceptors (Lipinski definition) is 14. The molecule has 3 unspecified atom stereocenters. The highest BCUT2D eigenvalue weighted by Gasteiger charge is 2.53. The van der Waals surface area contributed by atoms with Crippen molar-refractivity contribution in [3.05, 3.63) is 47.6 Å². The van der Waals surface area contributed by atoms with Crippen molar-refractivity contribution in [1.29, 1.82) is 0 Å². The largest absolute Gasteiger partial charge is 0.460 e. The van der Waals surface area contributed by atoms with Crippen LogP contribution in [0.2, 0.25) is 0 Å². The highest BCUT2D eigenvalue weighted by molar-refractivity contribution is 6.39. The molecule has 0 aromatic carbocycles. The van der Waals surface area contributed by atoms with E-state index in [1.165, 1.54) is 7.11 Å². The van der Waals surface area contributed by atoms with E-state index in [1.807, 2.05) is 39.0 Å². The molecule has 4 aliphatic rings. The maximum absolute atomic E-state index is 14.4. The minimum absolute atomic E-state index is 0.0106. The van der Waals surface area contributed by atoms with E-state index in [0.29, 0.717) is 82.3 Å². The molecule has 2 bridgehead atoms. The van der Waals surface area contributed by atoms with Crippen molar-refractivity contribution in [2.24, 2.45) is 35.5 Å². The lowest BCUT2D eigenvalue weighted by molar-refractivity contribution is -0.265. The molecule has 3 aliphatic heterocycles. The van der Waals surface area contributed by atoms with Crippen molar-refractivity contribution < 1.29 is 68.1 Å². The maximum Gasteiger partial charge on any atom is 0.329 e. The number of amides is 1. The van der Waals surface area contributed by atoms with Gasteiger partial charge >= 0.3 is 5.97 Å². The molecule has 0 aromatic heterocycles. The molecule has 0 spiro atoms. The summed E-state index contributed by atoms with van der Waals surface area (Å²) in [6.45, 7) is 15.7. The number of allylic oxidation sites excluding steroid dienone is 6. The summed E-state index contributed by atoms with van der Waals surface area (Å²) in [5.41, 5.74) is 0.990. The Morgan fingerprint density at radius 2 is 1.62 bits per heavy atom. The van der Waals surface area contributed by atoms with Crippen molar-refractivity contribution >= 4 is 29.2 Å². The number of piperidine rings is 1. The SMILES string of the molecule is CCOCCO[C@@H]1CC[C@@H](C[C@@H](C)[C@@H]2CC(=O)[C@H](C)/C=C(\C)[C@@H](O)C(OC)C(=O)[C@H](C)C[C@H](C)/C=C/C=C/C=C(\C)C(O)C[C@@H]3CC[C@@H](C)[C@@](O)(O3)C(=O)C(=O)N3CCCC[C@H]3C(=O)O2)CC1O. The van der Waals surface area contributed by atoms with Gasteiger partial charge in [-0.05, 0) is 114 Å². The van der Waals surface area contributed by atoms with E-state index in [0.717, 1.165) is 11.3 Å². The van der Waals surface area contributed by atoms with E-state index in [-0.39, 0.29) is 61.2 Å². The van der Waals surface area contributed by atoms with Crippen LogP contribution < -0.4 is 0 Å². The zero-order valence-corrected chi connectivity index (χ0v) is 42.2. The minimum atomic E-state index is -2.49. The lowest BCUT2D eigenvalue weighted by Crippen LogP contribution is -2.61. The molecule has 384 valence electrons. The molecule has 1 saturated carbocycles. The summed E-state index contributed by atoms with van der Waals surface area (Å²) in [5, 5.41) is 45.5. The summed E-state index contributed by atoms with van der Waals surface area (Å²) in [6.07, 6.45) is 9.21. The Morgan fingerprint density at radius 3 is 2.31 bits per heavy atom. The van der Waals surface area contributed by atoms with Crippen LogP contribution in [0.15, 0.2) is 47.6 Å². The molecule has 15 atom stereocenters. The van der Waals surface area contributed by atoms with Gasteiger partial charge < -0.3 is 49.0 Å². The molecule has 3 fully saturated rings. The smallest absolute Gasteiger partial charge is 0.329 e. The van der Waals surface area contributed by atoms with Crippen LogP contribution in [-0.2, 0) is 47.7 Å². The van der Waals surface area contributed by atoms with Crippen molar-refractivity contribution in [2.75, 3.05) is 33.5 Å². The van der Waals surface area contributed by atoms with Crippen LogP contribution in [0.5, 0.6) is 0 Å². The number of hydrogen-bond donors (Lipinski definition) is 4. The van der Waals surface area contributed by atoms with Crippen molar-refractivity contribution in [3.8, 4) is 0 Å². The van der Waals surface area contributed by atoms with Gasteiger partial charge in [-0.1, -0.05) is 71.1 Å². The number of Topliss-reactive ketones (excluding diaryl/α,β-unsaturated/α-hetero) is 3. The minimum Gasteiger partial charge on any atom is -0.460 e. The van der Waals surface area contributed by atoms with Gasteiger partial charge in [0.25, 0.3) is 11.7 Å². The monoisotopic (exact) mass is 958 g/mol. The van der Waals surface area contributed by atoms with Crippen LogP contribution in [0.4, 0.5) is 0 Å². The quantitative estimate of drug-likeness (QED) is 0.0913. The van der Waals surface area contributed by atoms with Gasteiger partial charge in [-0.25, -0.2) is 4.79 Å². The summed E-state index contributed by atoms with van der Waals surface area (Å²) < 4.78 is 29.2. The van der Waals surface area contributed by atoms with E-state index in [4.69, 9.17) is 23.7 Å². The van der Waals surface area contributed by atoms with Gasteiger partial charge in [0.05, 0.1) is 37.6 Å². The van der Waals surface area contributed by atoms with Gasteiger partial charge in [-0.3, -0.25) is 19.2 Å². The zero-order valence-electron chi connectivity index (χ0n) is 42.2. The average molecular weight is 958 g/mol. The van der Waals surface area contributed by atoms with Gasteiger partial charge in [0.1, 0.15) is 30.1 Å². The molecule has 1 aliphatic carbocycles. The first-order valence-electron chi connectivity index (χ1n) is 25.2. The molecule has 0 aromatic rings. The Hall–Kier alpha value is -3.41. The van der Waals surface area contributed by atoms with E-state index in [1.54, 1.807) is 52.8 Å². The first-order valence-corrected chi connectivity index (χ1v) is 25.2. The van der Waals surface area contributed by atoms with Crippen molar-refractivity contribution in [2.45, 2.75) is 187 Å². The number of ketones is 3. The fourth-order valence-electron chi connectivity index (χ4n) is 10.2. The standard InChI is InChI=1S/C53H83NO14/c1-10-65-24-25-66-45-22-20-39(29-44(45)57)28-35(5)46-31-43(56)34(4)27-37(7)48(59)49(64-9)47(58)36(6)26-32(2)16-12-11-13-17-33(3)42(55)30-40-21-19-38(8)53(63,68-40)50(60)51(61)54-23-15-14-18-41(54)52(62)67-46/h11-13,16-17,27,32,34-36,38-42,44-46,48-49,55,57,59,63H,10,14-15,18-26,28-31H2,1-9H3/b13-11+,16-12+,33-17+,37-27+/t32-,34-,35-,36-,38-,39+,40+,41+,42?,44?,45-,46+,48-,49?,53-/m1/s1. The van der Waals surface area contributed by atoms with E-state index in [9.17, 15) is 44.4 Å². The van der Waals surface area contributed by atoms with Crippen LogP contribution in [0, 0.1) is 35.5 Å². The molecule has 2 saturated heterocycles. The Balaban J connectivity index is 1.66. The summed E-state index contributed by atoms with van der Waals surface area (Å²) >= 11 is 0. The Morgan fingerprint density at radius 1 is 0.882 bits per heavy atom. The summed E-state index contributed by atoms with van der Waals surface area (Å²) in [5.74, 6) is -8.45. The zero-order chi connectivity index (χ0) is 50.3. The van der Waals surface area contributed by atoms with E-state index < -0.39 is 83.9 Å². The molecular formula is C53H83NO14. The predicted octanol–water partition coefficient (Wildman–Crippen LogP) is 5.93. The number of fused-ring (bicyclic) bond motifs is 3. The van der Waals surface area contributed by atoms with Crippen molar-refractivity contribution in [1.82, 2.24) is 4.90 Å². The first kappa shape index (κ1) is 57.2. The number of carbonyl (C=O) groups excluding carboxylic acids is 5. The third-order valence-electron chi connectivity index (χ3n) is 14.7. The van der Waals surface area contributed by atoms with Crippen LogP contribution in [-0.4, -0.2) is 143 Å². The predicted molar refractivity (Wildman–Crippen MR) is 256 cm³/mol.